The Morgan fingerprint density at radius 1 is 1.00 bits per heavy atom. The van der Waals surface area contributed by atoms with E-state index in [4.69, 9.17) is 48.7 Å². The number of aryl methyl sites for hydroxylation is 1. The van der Waals surface area contributed by atoms with E-state index in [-0.39, 0.29) is 20.8 Å². The Morgan fingerprint density at radius 2 is 1.73 bits per heavy atom. The molecule has 10 heteroatoms. The van der Waals surface area contributed by atoms with Gasteiger partial charge in [-0.25, -0.2) is 9.59 Å². The molecule has 0 saturated heterocycles. The van der Waals surface area contributed by atoms with Crippen LogP contribution in [0.15, 0.2) is 45.6 Å². The first kappa shape index (κ1) is 22.0. The number of halogens is 3. The number of hydrogen-bond donors (Lipinski definition) is 1. The van der Waals surface area contributed by atoms with Gasteiger partial charge in [-0.2, -0.15) is 0 Å². The van der Waals surface area contributed by atoms with Gasteiger partial charge in [-0.3, -0.25) is 4.79 Å². The number of carbonyl (C=O) groups excluding carboxylic acids is 2. The van der Waals surface area contributed by atoms with E-state index in [9.17, 15) is 14.4 Å². The number of amides is 1. The number of esters is 1. The maximum atomic E-state index is 11.9. The molecule has 2 aromatic carbocycles. The zero-order chi connectivity index (χ0) is 21.8. The quantitative estimate of drug-likeness (QED) is 0.321. The number of carbonyl (C=O) groups is 2. The third kappa shape index (κ3) is 5.44. The van der Waals surface area contributed by atoms with Crippen molar-refractivity contribution in [2.75, 3.05) is 18.5 Å². The summed E-state index contributed by atoms with van der Waals surface area (Å²) in [5.41, 5.74) is 0.852. The fourth-order valence-corrected chi connectivity index (χ4v) is 3.12. The number of nitrogens with one attached hydrogen (secondary N) is 1. The Kier molecular flexibility index (Phi) is 6.87. The van der Waals surface area contributed by atoms with Gasteiger partial charge in [0.05, 0.1) is 20.8 Å². The van der Waals surface area contributed by atoms with Gasteiger partial charge in [-0.1, -0.05) is 34.8 Å². The highest BCUT2D eigenvalue weighted by Crippen LogP contribution is 2.32. The molecule has 0 bridgehead atoms. The van der Waals surface area contributed by atoms with Gasteiger partial charge in [0.25, 0.3) is 5.91 Å². The number of anilines is 1. The lowest BCUT2D eigenvalue weighted by atomic mass is 10.1. The summed E-state index contributed by atoms with van der Waals surface area (Å²) in [6.45, 7) is 0.792. The minimum Gasteiger partial charge on any atom is -0.482 e. The molecule has 1 N–H and O–H groups in total. The average Bonchev–Trinajstić information content (AvgIpc) is 2.68. The Labute approximate surface area is 185 Å². The minimum absolute atomic E-state index is 0.186. The average molecular weight is 471 g/mol. The zero-order valence-electron chi connectivity index (χ0n) is 15.5. The fraction of sp³-hybridized carbons (Fsp3) is 0.150. The van der Waals surface area contributed by atoms with Crippen molar-refractivity contribution in [2.45, 2.75) is 6.92 Å². The number of ether oxygens (including phenoxy) is 2. The summed E-state index contributed by atoms with van der Waals surface area (Å²) in [7, 11) is 0. The van der Waals surface area contributed by atoms with E-state index in [1.807, 2.05) is 0 Å². The predicted molar refractivity (Wildman–Crippen MR) is 114 cm³/mol. The van der Waals surface area contributed by atoms with E-state index in [0.717, 1.165) is 10.9 Å². The number of rotatable bonds is 6. The van der Waals surface area contributed by atoms with Crippen LogP contribution in [0.2, 0.25) is 15.1 Å². The first-order chi connectivity index (χ1) is 14.2. The molecule has 0 radical (unpaired) electrons. The molecule has 3 rings (SSSR count). The molecule has 3 aromatic rings. The van der Waals surface area contributed by atoms with Crippen molar-refractivity contribution in [3.8, 4) is 5.75 Å². The van der Waals surface area contributed by atoms with E-state index in [2.05, 4.69) is 5.32 Å². The highest BCUT2D eigenvalue weighted by Gasteiger charge is 2.13. The third-order valence-corrected chi connectivity index (χ3v) is 4.96. The van der Waals surface area contributed by atoms with Crippen LogP contribution in [0.4, 0.5) is 5.69 Å². The topological polar surface area (TPSA) is 94.8 Å². The van der Waals surface area contributed by atoms with Crippen LogP contribution in [0.1, 0.15) is 5.56 Å². The lowest BCUT2D eigenvalue weighted by Crippen LogP contribution is -2.23. The summed E-state index contributed by atoms with van der Waals surface area (Å²) in [4.78, 5) is 35.3. The standard InChI is InChI=1S/C20H14Cl3NO6/c1-10-4-19(26)30-17-5-11(2-3-12(10)17)28-9-20(27)29-8-18(25)24-16-7-14(22)13(21)6-15(16)23/h2-7H,8-9H2,1H3,(H,24,25). The van der Waals surface area contributed by atoms with Crippen LogP contribution in [0.5, 0.6) is 5.75 Å². The maximum absolute atomic E-state index is 11.9. The van der Waals surface area contributed by atoms with Crippen molar-refractivity contribution in [1.29, 1.82) is 0 Å². The molecule has 0 spiro atoms. The van der Waals surface area contributed by atoms with Crippen LogP contribution in [0.25, 0.3) is 11.0 Å². The molecule has 30 heavy (non-hydrogen) atoms. The molecule has 1 heterocycles. The first-order valence-electron chi connectivity index (χ1n) is 8.50. The Morgan fingerprint density at radius 3 is 2.50 bits per heavy atom. The van der Waals surface area contributed by atoms with Crippen LogP contribution in [-0.4, -0.2) is 25.1 Å². The van der Waals surface area contributed by atoms with Crippen molar-refractivity contribution in [1.82, 2.24) is 0 Å². The van der Waals surface area contributed by atoms with Gasteiger partial charge in [-0.05, 0) is 36.8 Å². The van der Waals surface area contributed by atoms with Crippen molar-refractivity contribution >= 4 is 63.3 Å². The number of fused-ring (bicyclic) bond motifs is 1. The summed E-state index contributed by atoms with van der Waals surface area (Å²) < 4.78 is 15.3. The van der Waals surface area contributed by atoms with E-state index >= 15 is 0 Å². The predicted octanol–water partition coefficient (Wildman–Crippen LogP) is 4.62. The smallest absolute Gasteiger partial charge is 0.344 e. The van der Waals surface area contributed by atoms with Crippen molar-refractivity contribution in [3.63, 3.8) is 0 Å². The summed E-state index contributed by atoms with van der Waals surface area (Å²) in [5, 5.41) is 3.86. The summed E-state index contributed by atoms with van der Waals surface area (Å²) in [6, 6.07) is 8.99. The minimum atomic E-state index is -0.767. The van der Waals surface area contributed by atoms with Crippen LogP contribution in [-0.2, 0) is 14.3 Å². The third-order valence-electron chi connectivity index (χ3n) is 3.93. The van der Waals surface area contributed by atoms with E-state index in [1.54, 1.807) is 19.1 Å². The van der Waals surface area contributed by atoms with Gasteiger partial charge >= 0.3 is 11.6 Å². The summed E-state index contributed by atoms with van der Waals surface area (Å²) in [6.07, 6.45) is 0. The second kappa shape index (κ2) is 9.38. The Bertz CT molecular complexity index is 1190. The van der Waals surface area contributed by atoms with Gasteiger partial charge in [0.2, 0.25) is 0 Å². The largest absolute Gasteiger partial charge is 0.482 e. The van der Waals surface area contributed by atoms with Crippen molar-refractivity contribution < 1.29 is 23.5 Å². The van der Waals surface area contributed by atoms with E-state index in [0.29, 0.717) is 11.3 Å². The molecular formula is C20H14Cl3NO6. The molecule has 0 fully saturated rings. The summed E-state index contributed by atoms with van der Waals surface area (Å²) in [5.74, 6) is -1.08. The number of hydrogen-bond acceptors (Lipinski definition) is 6. The summed E-state index contributed by atoms with van der Waals surface area (Å²) >= 11 is 17.7. The molecule has 1 aromatic heterocycles. The van der Waals surface area contributed by atoms with Crippen LogP contribution in [0, 0.1) is 6.92 Å². The zero-order valence-corrected chi connectivity index (χ0v) is 17.7. The Balaban J connectivity index is 1.52. The number of benzene rings is 2. The maximum Gasteiger partial charge on any atom is 0.344 e. The van der Waals surface area contributed by atoms with Gasteiger partial charge in [0.15, 0.2) is 13.2 Å². The molecule has 0 saturated carbocycles. The molecular weight excluding hydrogens is 457 g/mol. The van der Waals surface area contributed by atoms with Gasteiger partial charge in [-0.15, -0.1) is 0 Å². The lowest BCUT2D eigenvalue weighted by Gasteiger charge is -2.10. The van der Waals surface area contributed by atoms with Crippen LogP contribution in [0.3, 0.4) is 0 Å². The molecule has 0 atom stereocenters. The SMILES string of the molecule is Cc1cc(=O)oc2cc(OCC(=O)OCC(=O)Nc3cc(Cl)c(Cl)cc3Cl)ccc12. The van der Waals surface area contributed by atoms with Gasteiger partial charge < -0.3 is 19.2 Å². The molecule has 0 aliphatic carbocycles. The van der Waals surface area contributed by atoms with E-state index in [1.165, 1.54) is 24.3 Å². The van der Waals surface area contributed by atoms with E-state index < -0.39 is 30.7 Å². The first-order valence-corrected chi connectivity index (χ1v) is 9.63. The lowest BCUT2D eigenvalue weighted by molar-refractivity contribution is -0.149. The van der Waals surface area contributed by atoms with Crippen molar-refractivity contribution in [3.05, 3.63) is 67.4 Å². The monoisotopic (exact) mass is 469 g/mol. The molecule has 1 amide bonds. The molecule has 0 aliphatic heterocycles. The van der Waals surface area contributed by atoms with Gasteiger partial charge in [0, 0.05) is 17.5 Å². The molecule has 7 nitrogen and oxygen atoms in total. The second-order valence-corrected chi connectivity index (χ2v) is 7.37. The molecule has 0 unspecified atom stereocenters. The van der Waals surface area contributed by atoms with Gasteiger partial charge in [0.1, 0.15) is 11.3 Å². The van der Waals surface area contributed by atoms with Crippen molar-refractivity contribution in [2.24, 2.45) is 0 Å². The fourth-order valence-electron chi connectivity index (χ4n) is 2.53. The Hall–Kier alpha value is -2.74. The molecule has 0 aliphatic rings. The molecule has 156 valence electrons. The second-order valence-electron chi connectivity index (χ2n) is 6.15. The van der Waals surface area contributed by atoms with Crippen LogP contribution >= 0.6 is 34.8 Å². The highest BCUT2D eigenvalue weighted by atomic mass is 35.5. The highest BCUT2D eigenvalue weighted by molar-refractivity contribution is 6.44. The normalized spacial score (nSPS) is 10.7. The van der Waals surface area contributed by atoms with Crippen LogP contribution < -0.4 is 15.7 Å².